The van der Waals surface area contributed by atoms with Crippen molar-refractivity contribution in [1.82, 2.24) is 9.88 Å². The summed E-state index contributed by atoms with van der Waals surface area (Å²) in [6.07, 6.45) is -4.44. The molecule has 1 heterocycles. The van der Waals surface area contributed by atoms with Gasteiger partial charge in [-0.15, -0.1) is 11.3 Å². The van der Waals surface area contributed by atoms with Crippen molar-refractivity contribution in [3.63, 3.8) is 0 Å². The number of aryl methyl sites for hydroxylation is 1. The molecule has 0 atom stereocenters. The van der Waals surface area contributed by atoms with Crippen LogP contribution in [0.4, 0.5) is 18.9 Å². The molecule has 0 radical (unpaired) electrons. The number of nitrogens with zero attached hydrogens (tertiary/aromatic N) is 2. The van der Waals surface area contributed by atoms with Gasteiger partial charge in [-0.2, -0.15) is 13.2 Å². The van der Waals surface area contributed by atoms with E-state index >= 15 is 0 Å². The molecule has 39 heavy (non-hydrogen) atoms. The summed E-state index contributed by atoms with van der Waals surface area (Å²) in [6, 6.07) is 18.1. The number of rotatable bonds is 10. The fraction of sp³-hybridized carbons (Fsp3) is 0.241. The number of ether oxygens (including phenoxy) is 2. The van der Waals surface area contributed by atoms with E-state index in [1.807, 2.05) is 42.2 Å². The number of anilines is 1. The minimum absolute atomic E-state index is 0.226. The largest absolute Gasteiger partial charge is 0.497 e. The minimum Gasteiger partial charge on any atom is -0.497 e. The molecule has 1 amide bonds. The van der Waals surface area contributed by atoms with Crippen molar-refractivity contribution in [2.24, 2.45) is 0 Å². The highest BCUT2D eigenvalue weighted by molar-refractivity contribution is 7.09. The maximum absolute atomic E-state index is 13.3. The van der Waals surface area contributed by atoms with Crippen LogP contribution in [0.25, 0.3) is 0 Å². The lowest BCUT2D eigenvalue weighted by Gasteiger charge is -2.23. The molecule has 0 fully saturated rings. The number of methoxy groups -OCH3 is 2. The summed E-state index contributed by atoms with van der Waals surface area (Å²) in [7, 11) is 3.11. The highest BCUT2D eigenvalue weighted by Gasteiger charge is 2.30. The second-order valence-corrected chi connectivity index (χ2v) is 9.91. The Morgan fingerprint density at radius 2 is 1.74 bits per heavy atom. The molecule has 0 bridgehead atoms. The first-order valence-electron chi connectivity index (χ1n) is 12.1. The molecule has 0 saturated heterocycles. The molecule has 0 aliphatic rings. The van der Waals surface area contributed by atoms with Gasteiger partial charge in [0.1, 0.15) is 22.2 Å². The summed E-state index contributed by atoms with van der Waals surface area (Å²) in [5.41, 5.74) is 2.66. The van der Waals surface area contributed by atoms with Gasteiger partial charge in [-0.25, -0.2) is 4.98 Å². The highest BCUT2D eigenvalue weighted by Crippen LogP contribution is 2.31. The first-order valence-corrected chi connectivity index (χ1v) is 12.9. The lowest BCUT2D eigenvalue weighted by atomic mass is 10.1. The predicted octanol–water partition coefficient (Wildman–Crippen LogP) is 6.94. The molecule has 1 aromatic heterocycles. The minimum atomic E-state index is -4.44. The van der Waals surface area contributed by atoms with Crippen molar-refractivity contribution < 1.29 is 27.4 Å². The third-order valence-corrected chi connectivity index (χ3v) is 6.83. The van der Waals surface area contributed by atoms with Gasteiger partial charge in [-0.1, -0.05) is 42.0 Å². The third kappa shape index (κ3) is 7.58. The fourth-order valence-corrected chi connectivity index (χ4v) is 4.82. The van der Waals surface area contributed by atoms with Gasteiger partial charge in [0.2, 0.25) is 0 Å². The topological polar surface area (TPSA) is 63.7 Å². The van der Waals surface area contributed by atoms with E-state index in [4.69, 9.17) is 9.47 Å². The molecular weight excluding hydrogens is 527 g/mol. The molecule has 0 spiro atoms. The maximum atomic E-state index is 13.3. The van der Waals surface area contributed by atoms with Crippen LogP contribution >= 0.6 is 11.3 Å². The van der Waals surface area contributed by atoms with E-state index in [0.29, 0.717) is 40.8 Å². The Morgan fingerprint density at radius 3 is 2.44 bits per heavy atom. The number of carbonyl (C=O) groups is 1. The first-order chi connectivity index (χ1) is 18.6. The smallest absolute Gasteiger partial charge is 0.416 e. The van der Waals surface area contributed by atoms with E-state index in [2.05, 4.69) is 10.3 Å². The SMILES string of the molecule is COc1ccc(CN(Cc2cccc(C(F)(F)F)c2)Cc2nc(C(=O)Nc3ccc(C)cc3)cs2)c(OC)c1. The first kappa shape index (κ1) is 28.1. The Kier molecular flexibility index (Phi) is 8.88. The van der Waals surface area contributed by atoms with E-state index in [-0.39, 0.29) is 18.1 Å². The molecule has 0 unspecified atom stereocenters. The van der Waals surface area contributed by atoms with Gasteiger partial charge >= 0.3 is 6.18 Å². The van der Waals surface area contributed by atoms with Crippen LogP contribution in [0.5, 0.6) is 11.5 Å². The Bertz CT molecular complexity index is 1420. The Hall–Kier alpha value is -3.89. The Morgan fingerprint density at radius 1 is 0.974 bits per heavy atom. The Balaban J connectivity index is 1.56. The lowest BCUT2D eigenvalue weighted by molar-refractivity contribution is -0.137. The summed E-state index contributed by atoms with van der Waals surface area (Å²) in [5.74, 6) is 0.896. The van der Waals surface area contributed by atoms with Crippen LogP contribution in [0.15, 0.2) is 72.1 Å². The van der Waals surface area contributed by atoms with E-state index in [1.165, 1.54) is 17.4 Å². The summed E-state index contributed by atoms with van der Waals surface area (Å²) in [4.78, 5) is 19.2. The number of alkyl halides is 3. The van der Waals surface area contributed by atoms with E-state index in [0.717, 1.165) is 23.3 Å². The van der Waals surface area contributed by atoms with Crippen molar-refractivity contribution in [1.29, 1.82) is 0 Å². The lowest BCUT2D eigenvalue weighted by Crippen LogP contribution is -2.23. The number of halogens is 3. The number of hydrogen-bond acceptors (Lipinski definition) is 6. The number of aromatic nitrogens is 1. The summed E-state index contributed by atoms with van der Waals surface area (Å²) in [5, 5.41) is 5.17. The number of benzene rings is 3. The maximum Gasteiger partial charge on any atom is 0.416 e. The van der Waals surface area contributed by atoms with Crippen LogP contribution in [-0.2, 0) is 25.8 Å². The van der Waals surface area contributed by atoms with Gasteiger partial charge in [0, 0.05) is 35.8 Å². The zero-order valence-corrected chi connectivity index (χ0v) is 22.5. The zero-order chi connectivity index (χ0) is 28.0. The molecular formula is C29H28F3N3O3S. The molecule has 10 heteroatoms. The molecule has 1 N–H and O–H groups in total. The van der Waals surface area contributed by atoms with Crippen LogP contribution in [-0.4, -0.2) is 30.0 Å². The van der Waals surface area contributed by atoms with Crippen molar-refractivity contribution in [2.75, 3.05) is 19.5 Å². The number of hydrogen-bond donors (Lipinski definition) is 1. The fourth-order valence-electron chi connectivity index (χ4n) is 4.01. The summed E-state index contributed by atoms with van der Waals surface area (Å²) < 4.78 is 50.8. The Labute approximate surface area is 229 Å². The van der Waals surface area contributed by atoms with Crippen LogP contribution in [0.3, 0.4) is 0 Å². The van der Waals surface area contributed by atoms with Crippen LogP contribution in [0.1, 0.15) is 37.7 Å². The average Bonchev–Trinajstić information content (AvgIpc) is 3.38. The normalized spacial score (nSPS) is 11.5. The van der Waals surface area contributed by atoms with Gasteiger partial charge in [0.15, 0.2) is 0 Å². The standard InChI is InChI=1S/C29H28F3N3O3S/c1-19-7-10-23(11-8-19)33-28(36)25-18-39-27(34-25)17-35(15-20-5-4-6-22(13-20)29(30,31)32)16-21-9-12-24(37-2)14-26(21)38-3/h4-14,18H,15-17H2,1-3H3,(H,33,36). The van der Waals surface area contributed by atoms with Crippen LogP contribution in [0.2, 0.25) is 0 Å². The molecule has 0 aliphatic carbocycles. The molecule has 0 saturated carbocycles. The van der Waals surface area contributed by atoms with Crippen molar-refractivity contribution in [3.05, 3.63) is 105 Å². The van der Waals surface area contributed by atoms with Gasteiger partial charge < -0.3 is 14.8 Å². The quantitative estimate of drug-likeness (QED) is 0.230. The number of nitrogens with one attached hydrogen (secondary N) is 1. The van der Waals surface area contributed by atoms with Gasteiger partial charge in [-0.05, 0) is 36.8 Å². The number of carbonyl (C=O) groups excluding carboxylic acids is 1. The summed E-state index contributed by atoms with van der Waals surface area (Å²) >= 11 is 1.32. The van der Waals surface area contributed by atoms with Gasteiger partial charge in [0.25, 0.3) is 5.91 Å². The molecule has 0 aliphatic heterocycles. The molecule has 6 nitrogen and oxygen atoms in total. The molecule has 4 rings (SSSR count). The number of thiazole rings is 1. The van der Waals surface area contributed by atoms with Crippen LogP contribution < -0.4 is 14.8 Å². The van der Waals surface area contributed by atoms with Gasteiger partial charge in [-0.3, -0.25) is 9.69 Å². The highest BCUT2D eigenvalue weighted by atomic mass is 32.1. The average molecular weight is 556 g/mol. The van der Waals surface area contributed by atoms with Crippen molar-refractivity contribution in [2.45, 2.75) is 32.7 Å². The third-order valence-electron chi connectivity index (χ3n) is 6.00. The van der Waals surface area contributed by atoms with E-state index < -0.39 is 11.7 Å². The number of amides is 1. The van der Waals surface area contributed by atoms with E-state index in [1.54, 1.807) is 37.8 Å². The zero-order valence-electron chi connectivity index (χ0n) is 21.7. The van der Waals surface area contributed by atoms with Gasteiger partial charge in [0.05, 0.1) is 26.3 Å². The second-order valence-electron chi connectivity index (χ2n) is 8.97. The molecule has 4 aromatic rings. The predicted molar refractivity (Wildman–Crippen MR) is 145 cm³/mol. The second kappa shape index (κ2) is 12.3. The van der Waals surface area contributed by atoms with E-state index in [9.17, 15) is 18.0 Å². The summed E-state index contributed by atoms with van der Waals surface area (Å²) in [6.45, 7) is 2.87. The van der Waals surface area contributed by atoms with Crippen molar-refractivity contribution in [3.8, 4) is 11.5 Å². The van der Waals surface area contributed by atoms with Crippen molar-refractivity contribution >= 4 is 22.9 Å². The monoisotopic (exact) mass is 555 g/mol. The van der Waals surface area contributed by atoms with Crippen LogP contribution in [0, 0.1) is 6.92 Å². The molecule has 3 aromatic carbocycles. The molecule has 204 valence electrons.